The number of anilines is 1. The Balaban J connectivity index is 1.58. The van der Waals surface area contributed by atoms with Crippen molar-refractivity contribution in [3.63, 3.8) is 0 Å². The van der Waals surface area contributed by atoms with Crippen LogP contribution < -0.4 is 10.6 Å². The van der Waals surface area contributed by atoms with Crippen molar-refractivity contribution < 1.29 is 19.1 Å². The molecule has 0 radical (unpaired) electrons. The van der Waals surface area contributed by atoms with Gasteiger partial charge in [-0.15, -0.1) is 0 Å². The summed E-state index contributed by atoms with van der Waals surface area (Å²) in [7, 11) is 0. The van der Waals surface area contributed by atoms with Crippen LogP contribution in [0.15, 0.2) is 79.0 Å². The molecule has 2 amide bonds. The Morgan fingerprint density at radius 1 is 1.05 bits per heavy atom. The van der Waals surface area contributed by atoms with E-state index in [0.29, 0.717) is 46.9 Å². The Bertz CT molecular complexity index is 1660. The average molecular weight is 581 g/mol. The number of hydrogen-bond donors (Lipinski definition) is 3. The number of hydrogen-bond acceptors (Lipinski definition) is 6. The van der Waals surface area contributed by atoms with Crippen LogP contribution >= 0.6 is 0 Å². The third-order valence-corrected chi connectivity index (χ3v) is 6.83. The summed E-state index contributed by atoms with van der Waals surface area (Å²) in [5.74, 6) is -0.411. The maximum absolute atomic E-state index is 13.7. The van der Waals surface area contributed by atoms with Crippen molar-refractivity contribution in [3.05, 3.63) is 113 Å². The second-order valence-electron chi connectivity index (χ2n) is 10.9. The standard InChI is InChI=1S/C33H33FN6O3/c1-33(2,3)40(32(42)43)21-29-24(10-7-16-36-29)20-38-31(41)27-13-14-28(26-12-5-4-9-23(26)19-35)39-30(27)37-17-15-22-8-6-11-25(34)18-22/h4-14,16,18H,15,17,20-21H2,1-3H3,(H,37,39)(H,38,41)(H,42,43). The number of benzene rings is 2. The summed E-state index contributed by atoms with van der Waals surface area (Å²) in [5, 5.41) is 25.4. The Labute approximate surface area is 250 Å². The molecule has 0 bridgehead atoms. The molecule has 0 aliphatic heterocycles. The zero-order valence-corrected chi connectivity index (χ0v) is 24.3. The summed E-state index contributed by atoms with van der Waals surface area (Å²) in [6.07, 6.45) is 1.02. The van der Waals surface area contributed by atoms with Gasteiger partial charge in [-0.2, -0.15) is 5.26 Å². The van der Waals surface area contributed by atoms with Crippen molar-refractivity contribution in [2.24, 2.45) is 0 Å². The van der Waals surface area contributed by atoms with Crippen molar-refractivity contribution in [3.8, 4) is 17.3 Å². The monoisotopic (exact) mass is 580 g/mol. The molecule has 2 aromatic carbocycles. The molecule has 43 heavy (non-hydrogen) atoms. The lowest BCUT2D eigenvalue weighted by atomic mass is 10.0. The van der Waals surface area contributed by atoms with E-state index in [1.165, 1.54) is 17.0 Å². The van der Waals surface area contributed by atoms with E-state index in [-0.39, 0.29) is 24.5 Å². The van der Waals surface area contributed by atoms with E-state index in [2.05, 4.69) is 21.7 Å². The minimum Gasteiger partial charge on any atom is -0.465 e. The number of halogens is 1. The third-order valence-electron chi connectivity index (χ3n) is 6.83. The maximum Gasteiger partial charge on any atom is 0.408 e. The highest BCUT2D eigenvalue weighted by atomic mass is 19.1. The van der Waals surface area contributed by atoms with Gasteiger partial charge in [0.1, 0.15) is 11.6 Å². The molecule has 0 aliphatic carbocycles. The molecule has 0 unspecified atom stereocenters. The van der Waals surface area contributed by atoms with Crippen LogP contribution in [0.3, 0.4) is 0 Å². The lowest BCUT2D eigenvalue weighted by molar-refractivity contribution is 0.0927. The van der Waals surface area contributed by atoms with Crippen molar-refractivity contribution in [1.82, 2.24) is 20.2 Å². The molecule has 0 saturated heterocycles. The van der Waals surface area contributed by atoms with Gasteiger partial charge in [-0.25, -0.2) is 14.2 Å². The van der Waals surface area contributed by atoms with Crippen LogP contribution in [0, 0.1) is 17.1 Å². The van der Waals surface area contributed by atoms with Gasteiger partial charge in [0.2, 0.25) is 0 Å². The summed E-state index contributed by atoms with van der Waals surface area (Å²) in [6, 6.07) is 22.4. The fraction of sp³-hybridized carbons (Fsp3) is 0.242. The number of aromatic nitrogens is 2. The molecule has 0 atom stereocenters. The van der Waals surface area contributed by atoms with Gasteiger partial charge >= 0.3 is 6.09 Å². The van der Waals surface area contributed by atoms with Crippen LogP contribution in [0.4, 0.5) is 15.0 Å². The summed E-state index contributed by atoms with van der Waals surface area (Å²) < 4.78 is 13.7. The first-order valence-electron chi connectivity index (χ1n) is 13.8. The molecule has 9 nitrogen and oxygen atoms in total. The summed E-state index contributed by atoms with van der Waals surface area (Å²) >= 11 is 0. The smallest absolute Gasteiger partial charge is 0.408 e. The number of carbonyl (C=O) groups excluding carboxylic acids is 1. The number of nitriles is 1. The van der Waals surface area contributed by atoms with E-state index in [1.54, 1.807) is 75.5 Å². The second-order valence-corrected chi connectivity index (χ2v) is 10.9. The largest absolute Gasteiger partial charge is 0.465 e. The number of nitrogens with one attached hydrogen (secondary N) is 2. The lowest BCUT2D eigenvalue weighted by Crippen LogP contribution is -2.44. The van der Waals surface area contributed by atoms with Crippen LogP contribution in [0.1, 0.15) is 53.5 Å². The van der Waals surface area contributed by atoms with Gasteiger partial charge in [0, 0.05) is 30.4 Å². The highest BCUT2D eigenvalue weighted by Gasteiger charge is 2.27. The molecule has 0 aliphatic rings. The van der Waals surface area contributed by atoms with Crippen molar-refractivity contribution in [1.29, 1.82) is 5.26 Å². The van der Waals surface area contributed by atoms with Gasteiger partial charge < -0.3 is 15.7 Å². The molecule has 0 saturated carbocycles. The Hall–Kier alpha value is -5.30. The predicted octanol–water partition coefficient (Wildman–Crippen LogP) is 6.02. The van der Waals surface area contributed by atoms with Gasteiger partial charge in [-0.3, -0.25) is 14.7 Å². The highest BCUT2D eigenvalue weighted by molar-refractivity contribution is 5.99. The summed E-state index contributed by atoms with van der Waals surface area (Å²) in [6.45, 7) is 5.97. The second kappa shape index (κ2) is 13.6. The molecule has 10 heteroatoms. The lowest BCUT2D eigenvalue weighted by Gasteiger charge is -2.33. The number of amides is 2. The predicted molar refractivity (Wildman–Crippen MR) is 162 cm³/mol. The van der Waals surface area contributed by atoms with Crippen LogP contribution in [0.5, 0.6) is 0 Å². The minimum atomic E-state index is -1.06. The topological polar surface area (TPSA) is 131 Å². The van der Waals surface area contributed by atoms with Gasteiger partial charge in [0.25, 0.3) is 5.91 Å². The van der Waals surface area contributed by atoms with Gasteiger partial charge in [-0.05, 0) is 74.7 Å². The first-order valence-corrected chi connectivity index (χ1v) is 13.8. The summed E-state index contributed by atoms with van der Waals surface area (Å²) in [5.41, 5.74) is 3.25. The van der Waals surface area contributed by atoms with Gasteiger partial charge in [-0.1, -0.05) is 36.4 Å². The number of rotatable bonds is 10. The van der Waals surface area contributed by atoms with E-state index in [9.17, 15) is 24.3 Å². The van der Waals surface area contributed by atoms with E-state index in [1.807, 2.05) is 12.1 Å². The average Bonchev–Trinajstić information content (AvgIpc) is 2.98. The zero-order valence-electron chi connectivity index (χ0n) is 24.3. The molecule has 0 spiro atoms. The quantitative estimate of drug-likeness (QED) is 0.209. The fourth-order valence-electron chi connectivity index (χ4n) is 4.54. The van der Waals surface area contributed by atoms with E-state index in [0.717, 1.165) is 5.56 Å². The Morgan fingerprint density at radius 2 is 1.84 bits per heavy atom. The first kappa shape index (κ1) is 30.7. The van der Waals surface area contributed by atoms with Crippen molar-refractivity contribution >= 4 is 17.8 Å². The molecular formula is C33H33FN6O3. The maximum atomic E-state index is 13.7. The van der Waals surface area contributed by atoms with E-state index in [4.69, 9.17) is 4.98 Å². The minimum absolute atomic E-state index is 0.0618. The van der Waals surface area contributed by atoms with Gasteiger partial charge in [0.15, 0.2) is 0 Å². The Kier molecular flexibility index (Phi) is 9.68. The first-order chi connectivity index (χ1) is 20.6. The van der Waals surface area contributed by atoms with Crippen molar-refractivity contribution in [2.45, 2.75) is 45.8 Å². The number of carbonyl (C=O) groups is 2. The number of carboxylic acid groups (broad SMARTS) is 1. The highest BCUT2D eigenvalue weighted by Crippen LogP contribution is 2.25. The summed E-state index contributed by atoms with van der Waals surface area (Å²) in [4.78, 5) is 35.7. The zero-order chi connectivity index (χ0) is 31.0. The van der Waals surface area contributed by atoms with E-state index >= 15 is 0 Å². The SMILES string of the molecule is CC(C)(C)N(Cc1ncccc1CNC(=O)c1ccc(-c2ccccc2C#N)nc1NCCc1cccc(F)c1)C(=O)O. The van der Waals surface area contributed by atoms with Crippen LogP contribution in [-0.4, -0.2) is 44.1 Å². The molecule has 0 fully saturated rings. The molecule has 4 rings (SSSR count). The molecule has 220 valence electrons. The van der Waals surface area contributed by atoms with Crippen molar-refractivity contribution in [2.75, 3.05) is 11.9 Å². The molecule has 2 aromatic heterocycles. The van der Waals surface area contributed by atoms with Crippen LogP contribution in [0.2, 0.25) is 0 Å². The molecule has 4 aromatic rings. The molecule has 3 N–H and O–H groups in total. The van der Waals surface area contributed by atoms with Gasteiger partial charge in [0.05, 0.1) is 35.1 Å². The Morgan fingerprint density at radius 3 is 2.56 bits per heavy atom. The van der Waals surface area contributed by atoms with E-state index < -0.39 is 17.5 Å². The molecule has 2 heterocycles. The number of pyridine rings is 2. The third kappa shape index (κ3) is 7.92. The van der Waals surface area contributed by atoms with Crippen LogP contribution in [-0.2, 0) is 19.5 Å². The normalized spacial score (nSPS) is 11.0. The van der Waals surface area contributed by atoms with Crippen LogP contribution in [0.25, 0.3) is 11.3 Å². The molecular weight excluding hydrogens is 547 g/mol. The fourth-order valence-corrected chi connectivity index (χ4v) is 4.54. The number of nitrogens with zero attached hydrogens (tertiary/aromatic N) is 4.